The Morgan fingerprint density at radius 1 is 1.27 bits per heavy atom. The molecule has 0 spiro atoms. The van der Waals surface area contributed by atoms with Crippen LogP contribution in [-0.4, -0.2) is 34.4 Å². The number of anilines is 1. The molecule has 1 saturated heterocycles. The molecule has 6 heteroatoms. The molecule has 1 aromatic heterocycles. The van der Waals surface area contributed by atoms with Crippen LogP contribution in [0.3, 0.4) is 0 Å². The minimum absolute atomic E-state index is 0.316. The van der Waals surface area contributed by atoms with Gasteiger partial charge in [-0.05, 0) is 19.1 Å². The molecule has 2 heterocycles. The summed E-state index contributed by atoms with van der Waals surface area (Å²) >= 11 is 1.49. The summed E-state index contributed by atoms with van der Waals surface area (Å²) in [5, 5.41) is 0.698. The van der Waals surface area contributed by atoms with Gasteiger partial charge in [-0.25, -0.2) is 4.98 Å². The van der Waals surface area contributed by atoms with Crippen molar-refractivity contribution in [2.24, 2.45) is 0 Å². The maximum absolute atomic E-state index is 5.63. The summed E-state index contributed by atoms with van der Waals surface area (Å²) < 4.78 is 5.30. The highest BCUT2D eigenvalue weighted by atomic mass is 32.2. The van der Waals surface area contributed by atoms with Crippen LogP contribution in [-0.2, 0) is 4.74 Å². The summed E-state index contributed by atoms with van der Waals surface area (Å²) in [7, 11) is 0. The van der Waals surface area contributed by atoms with E-state index in [0.29, 0.717) is 17.0 Å². The predicted octanol–water partition coefficient (Wildman–Crippen LogP) is 1.07. The summed E-state index contributed by atoms with van der Waals surface area (Å²) in [4.78, 5) is 12.6. The first-order valence-corrected chi connectivity index (χ1v) is 6.15. The molecule has 1 aliphatic heterocycles. The second kappa shape index (κ2) is 4.76. The SMILES string of the molecule is CSc1nc(N)nc(C2CCOCC2)n1. The Labute approximate surface area is 92.9 Å². The number of nitrogen functional groups attached to an aromatic ring is 1. The smallest absolute Gasteiger partial charge is 0.224 e. The highest BCUT2D eigenvalue weighted by Gasteiger charge is 2.19. The van der Waals surface area contributed by atoms with E-state index in [1.54, 1.807) is 0 Å². The number of nitrogens with two attached hydrogens (primary N) is 1. The molecule has 1 aliphatic rings. The minimum Gasteiger partial charge on any atom is -0.381 e. The molecule has 0 unspecified atom stereocenters. The largest absolute Gasteiger partial charge is 0.381 e. The molecule has 1 fully saturated rings. The second-order valence-electron chi connectivity index (χ2n) is 3.43. The molecule has 0 atom stereocenters. The van der Waals surface area contributed by atoms with E-state index in [9.17, 15) is 0 Å². The highest BCUT2D eigenvalue weighted by Crippen LogP contribution is 2.25. The average Bonchev–Trinajstić information content (AvgIpc) is 2.29. The van der Waals surface area contributed by atoms with Crippen molar-refractivity contribution in [2.45, 2.75) is 23.9 Å². The normalized spacial score (nSPS) is 17.9. The van der Waals surface area contributed by atoms with E-state index in [1.165, 1.54) is 11.8 Å². The Bertz CT molecular complexity index is 341. The van der Waals surface area contributed by atoms with Gasteiger partial charge in [-0.2, -0.15) is 9.97 Å². The number of ether oxygens (including phenoxy) is 1. The fourth-order valence-electron chi connectivity index (χ4n) is 1.62. The van der Waals surface area contributed by atoms with Crippen LogP contribution in [0.25, 0.3) is 0 Å². The number of aromatic nitrogens is 3. The molecule has 0 bridgehead atoms. The van der Waals surface area contributed by atoms with Crippen molar-refractivity contribution in [1.29, 1.82) is 0 Å². The van der Waals surface area contributed by atoms with Crippen molar-refractivity contribution in [3.63, 3.8) is 0 Å². The Morgan fingerprint density at radius 3 is 2.67 bits per heavy atom. The van der Waals surface area contributed by atoms with Crippen LogP contribution in [0, 0.1) is 0 Å². The van der Waals surface area contributed by atoms with Crippen molar-refractivity contribution in [3.05, 3.63) is 5.82 Å². The van der Waals surface area contributed by atoms with E-state index in [4.69, 9.17) is 10.5 Å². The third-order valence-corrected chi connectivity index (χ3v) is 2.97. The van der Waals surface area contributed by atoms with Crippen molar-refractivity contribution in [2.75, 3.05) is 25.2 Å². The first-order chi connectivity index (χ1) is 7.29. The van der Waals surface area contributed by atoms with E-state index in [0.717, 1.165) is 31.9 Å². The predicted molar refractivity (Wildman–Crippen MR) is 58.8 cm³/mol. The van der Waals surface area contributed by atoms with Gasteiger partial charge in [-0.3, -0.25) is 0 Å². The number of nitrogens with zero attached hydrogens (tertiary/aromatic N) is 3. The van der Waals surface area contributed by atoms with Crippen LogP contribution >= 0.6 is 11.8 Å². The maximum atomic E-state index is 5.63. The molecule has 0 radical (unpaired) electrons. The molecule has 15 heavy (non-hydrogen) atoms. The van der Waals surface area contributed by atoms with Gasteiger partial charge in [0, 0.05) is 19.1 Å². The summed E-state index contributed by atoms with van der Waals surface area (Å²) in [5.41, 5.74) is 5.63. The zero-order chi connectivity index (χ0) is 10.7. The molecular weight excluding hydrogens is 212 g/mol. The molecule has 82 valence electrons. The molecule has 2 rings (SSSR count). The lowest BCUT2D eigenvalue weighted by molar-refractivity contribution is 0.0834. The van der Waals surface area contributed by atoms with Gasteiger partial charge in [0.1, 0.15) is 5.82 Å². The molecule has 0 saturated carbocycles. The standard InChI is InChI=1S/C9H14N4OS/c1-15-9-12-7(11-8(10)13-9)6-2-4-14-5-3-6/h6H,2-5H2,1H3,(H2,10,11,12,13). The summed E-state index contributed by atoms with van der Waals surface area (Å²) in [6.07, 6.45) is 3.87. The van der Waals surface area contributed by atoms with Crippen molar-refractivity contribution >= 4 is 17.7 Å². The molecule has 5 nitrogen and oxygen atoms in total. The lowest BCUT2D eigenvalue weighted by atomic mass is 10.00. The molecule has 0 aromatic carbocycles. The van der Waals surface area contributed by atoms with Gasteiger partial charge in [0.05, 0.1) is 0 Å². The maximum Gasteiger partial charge on any atom is 0.224 e. The third-order valence-electron chi connectivity index (χ3n) is 2.42. The van der Waals surface area contributed by atoms with Crippen LogP contribution in [0.15, 0.2) is 5.16 Å². The van der Waals surface area contributed by atoms with Gasteiger partial charge in [0.15, 0.2) is 5.16 Å². The zero-order valence-corrected chi connectivity index (χ0v) is 9.46. The monoisotopic (exact) mass is 226 g/mol. The van der Waals surface area contributed by atoms with Crippen LogP contribution in [0.2, 0.25) is 0 Å². The van der Waals surface area contributed by atoms with Gasteiger partial charge in [-0.15, -0.1) is 0 Å². The Balaban J connectivity index is 2.22. The fraction of sp³-hybridized carbons (Fsp3) is 0.667. The fourth-order valence-corrected chi connectivity index (χ4v) is 1.99. The van der Waals surface area contributed by atoms with E-state index >= 15 is 0 Å². The van der Waals surface area contributed by atoms with Gasteiger partial charge in [0.25, 0.3) is 0 Å². The third kappa shape index (κ3) is 2.57. The highest BCUT2D eigenvalue weighted by molar-refractivity contribution is 7.98. The quantitative estimate of drug-likeness (QED) is 0.760. The van der Waals surface area contributed by atoms with Crippen molar-refractivity contribution in [3.8, 4) is 0 Å². The molecule has 2 N–H and O–H groups in total. The van der Waals surface area contributed by atoms with Crippen LogP contribution in [0.1, 0.15) is 24.6 Å². The number of hydrogen-bond donors (Lipinski definition) is 1. The van der Waals surface area contributed by atoms with Gasteiger partial charge >= 0.3 is 0 Å². The zero-order valence-electron chi connectivity index (χ0n) is 8.64. The van der Waals surface area contributed by atoms with E-state index in [-0.39, 0.29) is 0 Å². The van der Waals surface area contributed by atoms with Gasteiger partial charge < -0.3 is 10.5 Å². The second-order valence-corrected chi connectivity index (χ2v) is 4.20. The van der Waals surface area contributed by atoms with Crippen LogP contribution in [0.4, 0.5) is 5.95 Å². The first kappa shape index (κ1) is 10.6. The van der Waals surface area contributed by atoms with Crippen molar-refractivity contribution < 1.29 is 4.74 Å². The number of rotatable bonds is 2. The summed E-state index contributed by atoms with van der Waals surface area (Å²) in [6.45, 7) is 1.57. The topological polar surface area (TPSA) is 73.9 Å². The molecule has 0 aliphatic carbocycles. The number of hydrogen-bond acceptors (Lipinski definition) is 6. The number of thioether (sulfide) groups is 1. The van der Waals surface area contributed by atoms with Crippen LogP contribution < -0.4 is 5.73 Å². The van der Waals surface area contributed by atoms with E-state index in [2.05, 4.69) is 15.0 Å². The average molecular weight is 226 g/mol. The van der Waals surface area contributed by atoms with Crippen molar-refractivity contribution in [1.82, 2.24) is 15.0 Å². The summed E-state index contributed by atoms with van der Waals surface area (Å²) in [5.74, 6) is 1.50. The summed E-state index contributed by atoms with van der Waals surface area (Å²) in [6, 6.07) is 0. The lowest BCUT2D eigenvalue weighted by Gasteiger charge is -2.20. The Hall–Kier alpha value is -0.880. The molecule has 1 aromatic rings. The minimum atomic E-state index is 0.316. The van der Waals surface area contributed by atoms with E-state index in [1.807, 2.05) is 6.26 Å². The Kier molecular flexibility index (Phi) is 3.37. The van der Waals surface area contributed by atoms with Crippen LogP contribution in [0.5, 0.6) is 0 Å². The van der Waals surface area contributed by atoms with E-state index < -0.39 is 0 Å². The molecule has 0 amide bonds. The lowest BCUT2D eigenvalue weighted by Crippen LogP contribution is -2.17. The van der Waals surface area contributed by atoms with Gasteiger partial charge in [0.2, 0.25) is 5.95 Å². The first-order valence-electron chi connectivity index (χ1n) is 4.93. The molecular formula is C9H14N4OS. The Morgan fingerprint density at radius 2 is 2.00 bits per heavy atom. The van der Waals surface area contributed by atoms with Gasteiger partial charge in [-0.1, -0.05) is 11.8 Å².